The minimum atomic E-state index is 0.358. The minimum Gasteiger partial charge on any atom is -0.508 e. The number of alkyl halides is 1. The van der Waals surface area contributed by atoms with Crippen LogP contribution in [-0.4, -0.2) is 9.53 Å². The minimum absolute atomic E-state index is 0.358. The van der Waals surface area contributed by atoms with Gasteiger partial charge in [0.15, 0.2) is 0 Å². The zero-order valence-corrected chi connectivity index (χ0v) is 9.50. The van der Waals surface area contributed by atoms with E-state index in [2.05, 4.69) is 29.5 Å². The topological polar surface area (TPSA) is 20.2 Å². The fraction of sp³-hybridized carbons (Fsp3) is 0.400. The highest BCUT2D eigenvalue weighted by Gasteiger charge is 2.06. The quantitative estimate of drug-likeness (QED) is 0.649. The summed E-state index contributed by atoms with van der Waals surface area (Å²) in [4.78, 5) is 0. The van der Waals surface area contributed by atoms with Crippen LogP contribution in [0.1, 0.15) is 24.0 Å². The molecule has 0 spiro atoms. The van der Waals surface area contributed by atoms with E-state index >= 15 is 0 Å². The Hall–Kier alpha value is -0.250. The second-order valence-corrected chi connectivity index (χ2v) is 3.98. The molecular weight excluding hydrogens is 263 g/mol. The predicted molar refractivity (Wildman–Crippen MR) is 60.1 cm³/mol. The second kappa shape index (κ2) is 4.12. The van der Waals surface area contributed by atoms with Crippen LogP contribution < -0.4 is 0 Å². The van der Waals surface area contributed by atoms with Crippen molar-refractivity contribution in [2.45, 2.75) is 19.8 Å². The number of aromatic hydroxyl groups is 1. The molecule has 0 aliphatic carbocycles. The molecule has 1 nitrogen and oxygen atoms in total. The first kappa shape index (κ1) is 9.84. The van der Waals surface area contributed by atoms with Crippen molar-refractivity contribution in [2.24, 2.45) is 0 Å². The first-order valence-corrected chi connectivity index (χ1v) is 5.53. The number of phenols is 1. The normalized spacial score (nSPS) is 12.9. The molecule has 0 aromatic heterocycles. The molecule has 0 heterocycles. The number of hydrogen-bond acceptors (Lipinski definition) is 1. The van der Waals surface area contributed by atoms with E-state index < -0.39 is 0 Å². The molecule has 1 aromatic rings. The summed E-state index contributed by atoms with van der Waals surface area (Å²) in [5.74, 6) is 0.933. The maximum atomic E-state index is 9.19. The molecule has 2 heteroatoms. The summed E-state index contributed by atoms with van der Waals surface area (Å²) in [5.41, 5.74) is 2.52. The fourth-order valence-corrected chi connectivity index (χ4v) is 1.77. The highest BCUT2D eigenvalue weighted by Crippen LogP contribution is 2.24. The Bertz CT molecular complexity index is 271. The predicted octanol–water partition coefficient (Wildman–Crippen LogP) is 3.24. The average molecular weight is 276 g/mol. The first-order valence-electron chi connectivity index (χ1n) is 4.00. The summed E-state index contributed by atoms with van der Waals surface area (Å²) in [6.07, 6.45) is 0. The van der Waals surface area contributed by atoms with Gasteiger partial charge >= 0.3 is 0 Å². The molecule has 0 amide bonds. The summed E-state index contributed by atoms with van der Waals surface area (Å²) in [6, 6.07) is 5.58. The van der Waals surface area contributed by atoms with Crippen molar-refractivity contribution in [3.05, 3.63) is 29.3 Å². The number of halogens is 1. The SMILES string of the molecule is Cc1cc(O)ccc1C(C)CI. The van der Waals surface area contributed by atoms with Crippen molar-refractivity contribution < 1.29 is 5.11 Å². The largest absolute Gasteiger partial charge is 0.508 e. The van der Waals surface area contributed by atoms with Gasteiger partial charge in [0.1, 0.15) is 5.75 Å². The summed E-state index contributed by atoms with van der Waals surface area (Å²) in [6.45, 7) is 4.24. The van der Waals surface area contributed by atoms with E-state index in [4.69, 9.17) is 0 Å². The molecule has 0 aliphatic rings. The summed E-state index contributed by atoms with van der Waals surface area (Å²) in [5, 5.41) is 9.19. The van der Waals surface area contributed by atoms with Crippen molar-refractivity contribution in [3.63, 3.8) is 0 Å². The van der Waals surface area contributed by atoms with Gasteiger partial charge in [0.2, 0.25) is 0 Å². The van der Waals surface area contributed by atoms with Crippen LogP contribution in [0.5, 0.6) is 5.75 Å². The lowest BCUT2D eigenvalue weighted by Crippen LogP contribution is -1.96. The Balaban J connectivity index is 3.01. The number of phenolic OH excluding ortho intramolecular Hbond substituents is 1. The van der Waals surface area contributed by atoms with Crippen molar-refractivity contribution in [1.82, 2.24) is 0 Å². The molecule has 1 N–H and O–H groups in total. The lowest BCUT2D eigenvalue weighted by atomic mass is 9.98. The van der Waals surface area contributed by atoms with Crippen LogP contribution in [-0.2, 0) is 0 Å². The molecule has 66 valence electrons. The molecule has 0 saturated carbocycles. The molecular formula is C10H13IO. The van der Waals surface area contributed by atoms with Crippen molar-refractivity contribution in [1.29, 1.82) is 0 Å². The Kier molecular flexibility index (Phi) is 3.38. The fourth-order valence-electron chi connectivity index (χ4n) is 1.30. The highest BCUT2D eigenvalue weighted by molar-refractivity contribution is 14.1. The van der Waals surface area contributed by atoms with Crippen LogP contribution >= 0.6 is 22.6 Å². The van der Waals surface area contributed by atoms with Crippen molar-refractivity contribution in [3.8, 4) is 5.75 Å². The lowest BCUT2D eigenvalue weighted by Gasteiger charge is -2.11. The van der Waals surface area contributed by atoms with E-state index in [-0.39, 0.29) is 0 Å². The zero-order valence-electron chi connectivity index (χ0n) is 7.34. The van der Waals surface area contributed by atoms with Gasteiger partial charge in [-0.2, -0.15) is 0 Å². The van der Waals surface area contributed by atoms with Crippen LogP contribution in [0.15, 0.2) is 18.2 Å². The van der Waals surface area contributed by atoms with Crippen LogP contribution in [0, 0.1) is 6.92 Å². The summed E-state index contributed by atoms with van der Waals surface area (Å²) >= 11 is 2.38. The molecule has 1 rings (SSSR count). The number of aryl methyl sites for hydroxylation is 1. The molecule has 0 saturated heterocycles. The maximum absolute atomic E-state index is 9.19. The second-order valence-electron chi connectivity index (χ2n) is 3.10. The number of benzene rings is 1. The van der Waals surface area contributed by atoms with Crippen LogP contribution in [0.2, 0.25) is 0 Å². The highest BCUT2D eigenvalue weighted by atomic mass is 127. The van der Waals surface area contributed by atoms with Gasteiger partial charge in [-0.15, -0.1) is 0 Å². The van der Waals surface area contributed by atoms with Gasteiger partial charge in [0.25, 0.3) is 0 Å². The van der Waals surface area contributed by atoms with Crippen molar-refractivity contribution >= 4 is 22.6 Å². The van der Waals surface area contributed by atoms with E-state index in [9.17, 15) is 5.11 Å². The molecule has 0 bridgehead atoms. The van der Waals surface area contributed by atoms with E-state index in [1.54, 1.807) is 6.07 Å². The van der Waals surface area contributed by atoms with Gasteiger partial charge in [0, 0.05) is 4.43 Å². The third-order valence-electron chi connectivity index (χ3n) is 2.02. The Labute approximate surface area is 86.9 Å². The van der Waals surface area contributed by atoms with Crippen LogP contribution in [0.25, 0.3) is 0 Å². The molecule has 1 atom stereocenters. The van der Waals surface area contributed by atoms with E-state index in [0.29, 0.717) is 11.7 Å². The molecule has 12 heavy (non-hydrogen) atoms. The number of hydrogen-bond donors (Lipinski definition) is 1. The summed E-state index contributed by atoms with van der Waals surface area (Å²) < 4.78 is 1.11. The lowest BCUT2D eigenvalue weighted by molar-refractivity contribution is 0.474. The van der Waals surface area contributed by atoms with Gasteiger partial charge in [0.05, 0.1) is 0 Å². The Morgan fingerprint density at radius 2 is 2.17 bits per heavy atom. The average Bonchev–Trinajstić information content (AvgIpc) is 2.03. The van der Waals surface area contributed by atoms with Crippen LogP contribution in [0.3, 0.4) is 0 Å². The van der Waals surface area contributed by atoms with E-state index in [0.717, 1.165) is 4.43 Å². The Morgan fingerprint density at radius 1 is 1.50 bits per heavy atom. The third-order valence-corrected chi connectivity index (χ3v) is 3.34. The molecule has 1 unspecified atom stereocenters. The summed E-state index contributed by atoms with van der Waals surface area (Å²) in [7, 11) is 0. The molecule has 0 radical (unpaired) electrons. The van der Waals surface area contributed by atoms with Gasteiger partial charge < -0.3 is 5.11 Å². The standard InChI is InChI=1S/C10H13IO/c1-7-5-9(12)3-4-10(7)8(2)6-11/h3-5,8,12H,6H2,1-2H3. The molecule has 0 aliphatic heterocycles. The smallest absolute Gasteiger partial charge is 0.115 e. The number of rotatable bonds is 2. The first-order chi connectivity index (χ1) is 5.65. The third kappa shape index (κ3) is 2.12. The zero-order chi connectivity index (χ0) is 9.14. The van der Waals surface area contributed by atoms with Crippen LogP contribution in [0.4, 0.5) is 0 Å². The molecule has 1 aromatic carbocycles. The van der Waals surface area contributed by atoms with E-state index in [1.807, 2.05) is 19.1 Å². The molecule has 0 fully saturated rings. The van der Waals surface area contributed by atoms with Crippen molar-refractivity contribution in [2.75, 3.05) is 4.43 Å². The van der Waals surface area contributed by atoms with Gasteiger partial charge in [-0.1, -0.05) is 35.6 Å². The van der Waals surface area contributed by atoms with Gasteiger partial charge in [-0.05, 0) is 36.1 Å². The maximum Gasteiger partial charge on any atom is 0.115 e. The van der Waals surface area contributed by atoms with Gasteiger partial charge in [-0.25, -0.2) is 0 Å². The monoisotopic (exact) mass is 276 g/mol. The van der Waals surface area contributed by atoms with E-state index in [1.165, 1.54) is 11.1 Å². The van der Waals surface area contributed by atoms with Gasteiger partial charge in [-0.3, -0.25) is 0 Å². The Morgan fingerprint density at radius 3 is 2.67 bits per heavy atom.